The molecule has 29 heteroatoms. The number of hydrogen-bond donors (Lipinski definition) is 3. The molecule has 1 aromatic carbocycles. The first-order valence-corrected chi connectivity index (χ1v) is 31.2. The number of H-pyrrole nitrogens is 1. The van der Waals surface area contributed by atoms with Gasteiger partial charge in [0.15, 0.2) is 5.82 Å². The van der Waals surface area contributed by atoms with Crippen LogP contribution in [0.3, 0.4) is 0 Å². The molecule has 2 aliphatic heterocycles. The summed E-state index contributed by atoms with van der Waals surface area (Å²) in [5.74, 6) is -1.66. The zero-order valence-electron chi connectivity index (χ0n) is 52.5. The Balaban J connectivity index is 0.687. The van der Waals surface area contributed by atoms with Crippen LogP contribution in [-0.4, -0.2) is 279 Å². The van der Waals surface area contributed by atoms with Crippen molar-refractivity contribution < 1.29 is 71.7 Å². The monoisotopic (exact) mass is 1270 g/mol. The second-order valence-electron chi connectivity index (χ2n) is 21.5. The van der Waals surface area contributed by atoms with Crippen molar-refractivity contribution in [2.45, 2.75) is 58.6 Å². The number of methoxy groups -OCH3 is 1. The van der Waals surface area contributed by atoms with E-state index in [0.717, 1.165) is 62.5 Å². The van der Waals surface area contributed by atoms with E-state index in [1.165, 1.54) is 35.4 Å². The lowest BCUT2D eigenvalue weighted by molar-refractivity contribution is -0.132. The summed E-state index contributed by atoms with van der Waals surface area (Å²) in [6.45, 7) is 16.1. The first-order chi connectivity index (χ1) is 44.6. The number of Topliss-reactive ketones (excluding diaryl/α,β-unsaturated/α-hetero) is 2. The summed E-state index contributed by atoms with van der Waals surface area (Å²) >= 11 is 0. The molecule has 6 heterocycles. The van der Waals surface area contributed by atoms with Gasteiger partial charge in [-0.3, -0.25) is 28.9 Å². The van der Waals surface area contributed by atoms with Crippen LogP contribution in [0.4, 0.5) is 0 Å². The summed E-state index contributed by atoms with van der Waals surface area (Å²) < 4.78 is 53.2. The molecule has 3 amide bonds. The normalized spacial score (nSPS) is 13.8. The van der Waals surface area contributed by atoms with E-state index >= 15 is 0 Å². The van der Waals surface area contributed by atoms with Crippen molar-refractivity contribution in [1.29, 1.82) is 5.26 Å². The Kier molecular flexibility index (Phi) is 31.5. The highest BCUT2D eigenvalue weighted by Gasteiger charge is 2.31. The summed E-state index contributed by atoms with van der Waals surface area (Å²) in [6, 6.07) is 11.7. The van der Waals surface area contributed by atoms with Crippen molar-refractivity contribution in [2.24, 2.45) is 0 Å². The van der Waals surface area contributed by atoms with Crippen molar-refractivity contribution >= 4 is 45.8 Å². The molecule has 0 spiro atoms. The number of aromatic nitrogens is 8. The lowest BCUT2D eigenvalue weighted by Gasteiger charge is -2.35. The maximum atomic E-state index is 13.8. The van der Waals surface area contributed by atoms with Gasteiger partial charge in [0.05, 0.1) is 166 Å². The number of allylic oxidation sites excluding steroid dienone is 1. The molecular weight excluding hydrogens is 1180 g/mol. The minimum Gasteiger partial charge on any atom is -0.494 e. The van der Waals surface area contributed by atoms with Crippen LogP contribution in [0.5, 0.6) is 5.75 Å². The highest BCUT2D eigenvalue weighted by Crippen LogP contribution is 2.33. The second-order valence-corrected chi connectivity index (χ2v) is 21.5. The standard InChI is InChI=1S/C62H88N14O15/c1-48(78)13-27-84-30-33-87-36-37-89-35-32-86-29-25-75-45-51(68-70-75)46-91-41-40-90-39-38-88-34-31-85-28-24-72-22-20-71(21-23-72)15-7-17-73(55(79)12-26-77)16-6-14-64-61(81)59-67-47-76(69-59)60-57-56(54(83-2)44-66-60)53(43-65-57)58(80)62(82)74-18-10-50(11-19-74)52(42-63)49-8-4-3-5-9-49/h3-5,8-9,43-45,47,65,77H,6-7,10-41,46H2,1-2H3,(H,64,81). The molecule has 496 valence electrons. The Morgan fingerprint density at radius 3 is 1.96 bits per heavy atom. The van der Waals surface area contributed by atoms with Crippen molar-refractivity contribution in [3.05, 3.63) is 83.5 Å². The molecule has 7 rings (SSSR count). The van der Waals surface area contributed by atoms with Gasteiger partial charge in [-0.15, -0.1) is 10.2 Å². The van der Waals surface area contributed by atoms with E-state index in [9.17, 15) is 34.3 Å². The molecule has 0 radical (unpaired) electrons. The SMILES string of the molecule is COc1cnc(-n2cnc(C(=O)NCCCN(CCCN3CCN(CCOCCOCCOCCOCc4cn(CCOCCOCCOCCOCCC(C)=O)nn4)CC3)C(=O)CCO)n2)c2[nH]cc(C(=O)C(=O)N3CCC(=C(C#N)c4ccccc4)CC3)c12. The van der Waals surface area contributed by atoms with Crippen molar-refractivity contribution in [2.75, 3.05) is 185 Å². The number of likely N-dealkylation sites (tertiary alicyclic amines) is 1. The summed E-state index contributed by atoms with van der Waals surface area (Å²) in [5, 5.41) is 35.2. The van der Waals surface area contributed by atoms with E-state index in [2.05, 4.69) is 51.5 Å². The number of aliphatic hydroxyl groups is 1. The largest absolute Gasteiger partial charge is 0.494 e. The summed E-state index contributed by atoms with van der Waals surface area (Å²) in [4.78, 5) is 84.4. The average molecular weight is 1270 g/mol. The number of ketones is 2. The van der Waals surface area contributed by atoms with Crippen LogP contribution in [0, 0.1) is 11.3 Å². The minimum atomic E-state index is -0.738. The minimum absolute atomic E-state index is 0.0122. The number of fused-ring (bicyclic) bond motifs is 1. The number of nitriles is 1. The van der Waals surface area contributed by atoms with E-state index in [1.807, 2.05) is 36.5 Å². The molecule has 0 atom stereocenters. The number of amides is 3. The van der Waals surface area contributed by atoms with Gasteiger partial charge < -0.3 is 72.7 Å². The molecule has 2 saturated heterocycles. The third-order valence-corrected chi connectivity index (χ3v) is 15.0. The fraction of sp³-hybridized carbons (Fsp3) is 0.597. The quantitative estimate of drug-likeness (QED) is 0.0218. The van der Waals surface area contributed by atoms with Gasteiger partial charge in [-0.05, 0) is 50.3 Å². The number of rotatable bonds is 45. The number of piperidine rings is 1. The Labute approximate surface area is 530 Å². The molecule has 2 fully saturated rings. The van der Waals surface area contributed by atoms with E-state index in [-0.39, 0.29) is 67.3 Å². The smallest absolute Gasteiger partial charge is 0.295 e. The molecule has 91 heavy (non-hydrogen) atoms. The van der Waals surface area contributed by atoms with Gasteiger partial charge in [0.25, 0.3) is 17.6 Å². The average Bonchev–Trinajstić information content (AvgIpc) is 1.65. The van der Waals surface area contributed by atoms with Gasteiger partial charge in [0.2, 0.25) is 11.7 Å². The third kappa shape index (κ3) is 23.9. The molecule has 0 bridgehead atoms. The predicted octanol–water partition coefficient (Wildman–Crippen LogP) is 2.18. The molecule has 0 unspecified atom stereocenters. The second kappa shape index (κ2) is 40.4. The Bertz CT molecular complexity index is 3080. The molecule has 4 aromatic heterocycles. The van der Waals surface area contributed by atoms with E-state index in [1.54, 1.807) is 16.5 Å². The number of benzene rings is 1. The summed E-state index contributed by atoms with van der Waals surface area (Å²) in [5.41, 5.74) is 3.49. The Hall–Kier alpha value is -7.47. The molecular formula is C62H88N14O15. The number of carbonyl (C=O) groups excluding carboxylic acids is 5. The fourth-order valence-corrected chi connectivity index (χ4v) is 10.1. The molecule has 2 aliphatic rings. The number of aliphatic hydroxyl groups excluding tert-OH is 1. The van der Waals surface area contributed by atoms with E-state index in [0.29, 0.717) is 168 Å². The number of pyridine rings is 1. The lowest BCUT2D eigenvalue weighted by Crippen LogP contribution is -2.48. The van der Waals surface area contributed by atoms with Gasteiger partial charge >= 0.3 is 0 Å². The zero-order chi connectivity index (χ0) is 64.3. The Morgan fingerprint density at radius 1 is 0.725 bits per heavy atom. The third-order valence-electron chi connectivity index (χ3n) is 15.0. The molecule has 0 saturated carbocycles. The maximum absolute atomic E-state index is 13.8. The van der Waals surface area contributed by atoms with Crippen LogP contribution in [0.15, 0.2) is 60.8 Å². The van der Waals surface area contributed by atoms with Crippen molar-refractivity contribution in [1.82, 2.24) is 64.6 Å². The van der Waals surface area contributed by atoms with E-state index < -0.39 is 17.6 Å². The van der Waals surface area contributed by atoms with Crippen molar-refractivity contribution in [3.63, 3.8) is 0 Å². The predicted molar refractivity (Wildman–Crippen MR) is 330 cm³/mol. The fourth-order valence-electron chi connectivity index (χ4n) is 10.1. The molecule has 0 aliphatic carbocycles. The number of nitrogens with zero attached hydrogens (tertiary/aromatic N) is 12. The first-order valence-electron chi connectivity index (χ1n) is 31.2. The molecule has 5 aromatic rings. The number of carbonyl (C=O) groups is 5. The Morgan fingerprint density at radius 2 is 1.33 bits per heavy atom. The lowest BCUT2D eigenvalue weighted by atomic mass is 9.93. The molecule has 3 N–H and O–H groups in total. The summed E-state index contributed by atoms with van der Waals surface area (Å²) in [6.07, 6.45) is 8.56. The maximum Gasteiger partial charge on any atom is 0.295 e. The van der Waals surface area contributed by atoms with Gasteiger partial charge in [0, 0.05) is 84.5 Å². The van der Waals surface area contributed by atoms with Gasteiger partial charge in [-0.25, -0.2) is 14.6 Å². The van der Waals surface area contributed by atoms with Crippen molar-refractivity contribution in [3.8, 4) is 17.6 Å². The van der Waals surface area contributed by atoms with Gasteiger partial charge in [-0.1, -0.05) is 35.5 Å². The summed E-state index contributed by atoms with van der Waals surface area (Å²) in [7, 11) is 1.43. The highest BCUT2D eigenvalue weighted by molar-refractivity contribution is 6.45. The number of piperazine rings is 1. The van der Waals surface area contributed by atoms with Gasteiger partial charge in [-0.2, -0.15) is 9.94 Å². The number of aromatic amines is 1. The number of nitrogens with one attached hydrogen (secondary N) is 2. The van der Waals surface area contributed by atoms with Crippen LogP contribution in [0.2, 0.25) is 0 Å². The topological polar surface area (TPSA) is 328 Å². The van der Waals surface area contributed by atoms with Gasteiger partial charge in [0.1, 0.15) is 23.6 Å². The zero-order valence-corrected chi connectivity index (χ0v) is 52.5. The number of ether oxygens (including phenoxy) is 9. The molecule has 29 nitrogen and oxygen atoms in total. The van der Waals surface area contributed by atoms with Crippen LogP contribution in [0.1, 0.15) is 77.7 Å². The van der Waals surface area contributed by atoms with Crippen LogP contribution >= 0.6 is 0 Å². The van der Waals surface area contributed by atoms with Crippen LogP contribution < -0.4 is 10.1 Å². The number of hydrogen-bond acceptors (Lipinski definition) is 23. The van der Waals surface area contributed by atoms with Crippen LogP contribution in [-0.2, 0) is 65.4 Å². The van der Waals surface area contributed by atoms with E-state index in [4.69, 9.17) is 42.6 Å². The highest BCUT2D eigenvalue weighted by atomic mass is 16.6. The first kappa shape index (κ1) is 71.0. The van der Waals surface area contributed by atoms with Crippen LogP contribution in [0.25, 0.3) is 22.3 Å².